The zero-order valence-electron chi connectivity index (χ0n) is 16.5. The van der Waals surface area contributed by atoms with E-state index in [4.69, 9.17) is 0 Å². The molecule has 0 amide bonds. The minimum atomic E-state index is 0.938. The second-order valence-electron chi connectivity index (χ2n) is 9.24. The van der Waals surface area contributed by atoms with Crippen LogP contribution in [0.15, 0.2) is 12.1 Å². The van der Waals surface area contributed by atoms with Crippen molar-refractivity contribution in [1.29, 1.82) is 0 Å². The summed E-state index contributed by atoms with van der Waals surface area (Å²) in [4.78, 5) is 0. The lowest BCUT2D eigenvalue weighted by Gasteiger charge is -2.33. The molecule has 0 atom stereocenters. The van der Waals surface area contributed by atoms with Crippen molar-refractivity contribution in [2.24, 2.45) is 23.7 Å². The van der Waals surface area contributed by atoms with Crippen LogP contribution in [0, 0.1) is 44.4 Å². The van der Waals surface area contributed by atoms with Crippen LogP contribution in [0.3, 0.4) is 0 Å². The molecule has 134 valence electrons. The van der Waals surface area contributed by atoms with Gasteiger partial charge in [-0.25, -0.2) is 0 Å². The van der Waals surface area contributed by atoms with E-state index in [1.807, 2.05) is 0 Å². The van der Waals surface area contributed by atoms with E-state index in [2.05, 4.69) is 39.8 Å². The molecular weight excluding hydrogens is 288 g/mol. The van der Waals surface area contributed by atoms with Crippen LogP contribution < -0.4 is 0 Å². The van der Waals surface area contributed by atoms with Crippen molar-refractivity contribution in [3.8, 4) is 0 Å². The topological polar surface area (TPSA) is 0 Å². The van der Waals surface area contributed by atoms with E-state index in [0.29, 0.717) is 0 Å². The van der Waals surface area contributed by atoms with E-state index >= 15 is 0 Å². The third-order valence-electron chi connectivity index (χ3n) is 7.45. The summed E-state index contributed by atoms with van der Waals surface area (Å²) < 4.78 is 0. The first-order valence-corrected chi connectivity index (χ1v) is 10.6. The van der Waals surface area contributed by atoms with E-state index in [1.54, 1.807) is 17.5 Å². The third kappa shape index (κ3) is 4.44. The maximum absolute atomic E-state index is 2.44. The van der Waals surface area contributed by atoms with Crippen molar-refractivity contribution < 1.29 is 0 Å². The van der Waals surface area contributed by atoms with Gasteiger partial charge in [-0.1, -0.05) is 57.6 Å². The molecule has 2 saturated carbocycles. The summed E-state index contributed by atoms with van der Waals surface area (Å²) in [6.07, 6.45) is 14.8. The summed E-state index contributed by atoms with van der Waals surface area (Å²) in [5.41, 5.74) is 6.12. The lowest BCUT2D eigenvalue weighted by molar-refractivity contribution is 0.195. The summed E-state index contributed by atoms with van der Waals surface area (Å²) in [5.74, 6) is 4.04. The number of aryl methyl sites for hydroxylation is 1. The molecule has 0 radical (unpaired) electrons. The number of hydrogen-bond donors (Lipinski definition) is 0. The zero-order chi connectivity index (χ0) is 17.1. The van der Waals surface area contributed by atoms with Gasteiger partial charge in [0, 0.05) is 0 Å². The molecule has 0 heteroatoms. The first-order valence-electron chi connectivity index (χ1n) is 10.6. The van der Waals surface area contributed by atoms with Gasteiger partial charge < -0.3 is 0 Å². The molecule has 0 aromatic heterocycles. The Balaban J connectivity index is 1.46. The van der Waals surface area contributed by atoms with Crippen molar-refractivity contribution in [2.45, 2.75) is 91.9 Å². The minimum absolute atomic E-state index is 0.938. The van der Waals surface area contributed by atoms with Crippen molar-refractivity contribution in [2.75, 3.05) is 0 Å². The molecule has 1 aromatic rings. The SMILES string of the molecule is Cc1ccc(CC2CCC(CC3CCC(C)CC3)CC2)c(C)c1C. The van der Waals surface area contributed by atoms with Crippen LogP contribution in [0.25, 0.3) is 0 Å². The Morgan fingerprint density at radius 2 is 1.25 bits per heavy atom. The quantitative estimate of drug-likeness (QED) is 0.550. The Bertz CT molecular complexity index is 525. The maximum Gasteiger partial charge on any atom is -0.0248 e. The average molecular weight is 327 g/mol. The average Bonchev–Trinajstić information content (AvgIpc) is 2.59. The highest BCUT2D eigenvalue weighted by Crippen LogP contribution is 2.39. The Kier molecular flexibility index (Phi) is 6.06. The second-order valence-corrected chi connectivity index (χ2v) is 9.24. The fourth-order valence-corrected chi connectivity index (χ4v) is 5.25. The van der Waals surface area contributed by atoms with Crippen LogP contribution in [-0.2, 0) is 6.42 Å². The molecule has 2 aliphatic rings. The van der Waals surface area contributed by atoms with Gasteiger partial charge in [0.1, 0.15) is 0 Å². The number of rotatable bonds is 4. The zero-order valence-corrected chi connectivity index (χ0v) is 16.5. The molecule has 3 rings (SSSR count). The second kappa shape index (κ2) is 8.07. The van der Waals surface area contributed by atoms with Gasteiger partial charge in [-0.15, -0.1) is 0 Å². The normalized spacial score (nSPS) is 31.2. The summed E-state index contributed by atoms with van der Waals surface area (Å²) in [6.45, 7) is 9.29. The molecule has 0 spiro atoms. The smallest absolute Gasteiger partial charge is 0.0248 e. The van der Waals surface area contributed by atoms with Crippen LogP contribution in [0.1, 0.15) is 87.0 Å². The molecule has 0 bridgehead atoms. The first kappa shape index (κ1) is 18.0. The van der Waals surface area contributed by atoms with Gasteiger partial charge in [0.25, 0.3) is 0 Å². The largest absolute Gasteiger partial charge is 0.0625 e. The predicted molar refractivity (Wildman–Crippen MR) is 106 cm³/mol. The monoisotopic (exact) mass is 326 g/mol. The Hall–Kier alpha value is -0.780. The summed E-state index contributed by atoms with van der Waals surface area (Å²) >= 11 is 0. The van der Waals surface area contributed by atoms with Gasteiger partial charge in [0.15, 0.2) is 0 Å². The number of hydrogen-bond acceptors (Lipinski definition) is 0. The first-order chi connectivity index (χ1) is 11.5. The predicted octanol–water partition coefficient (Wildman–Crippen LogP) is 7.18. The third-order valence-corrected chi connectivity index (χ3v) is 7.45. The maximum atomic E-state index is 2.44. The fourth-order valence-electron chi connectivity index (χ4n) is 5.25. The summed E-state index contributed by atoms with van der Waals surface area (Å²) in [6, 6.07) is 4.72. The summed E-state index contributed by atoms with van der Waals surface area (Å²) in [7, 11) is 0. The molecule has 0 N–H and O–H groups in total. The van der Waals surface area contributed by atoms with Gasteiger partial charge in [0.2, 0.25) is 0 Å². The summed E-state index contributed by atoms with van der Waals surface area (Å²) in [5, 5.41) is 0. The van der Waals surface area contributed by atoms with E-state index in [0.717, 1.165) is 23.7 Å². The Morgan fingerprint density at radius 3 is 1.88 bits per heavy atom. The highest BCUT2D eigenvalue weighted by atomic mass is 14.3. The minimum Gasteiger partial charge on any atom is -0.0625 e. The molecular formula is C24H38. The van der Waals surface area contributed by atoms with Crippen LogP contribution in [0.2, 0.25) is 0 Å². The van der Waals surface area contributed by atoms with E-state index in [1.165, 1.54) is 68.9 Å². The van der Waals surface area contributed by atoms with Gasteiger partial charge >= 0.3 is 0 Å². The van der Waals surface area contributed by atoms with Gasteiger partial charge in [-0.2, -0.15) is 0 Å². The molecule has 2 fully saturated rings. The van der Waals surface area contributed by atoms with Crippen LogP contribution in [0.5, 0.6) is 0 Å². The Morgan fingerprint density at radius 1 is 0.708 bits per heavy atom. The fraction of sp³-hybridized carbons (Fsp3) is 0.750. The molecule has 24 heavy (non-hydrogen) atoms. The van der Waals surface area contributed by atoms with Gasteiger partial charge in [-0.05, 0) is 92.4 Å². The van der Waals surface area contributed by atoms with Crippen LogP contribution >= 0.6 is 0 Å². The Labute approximate surface area is 150 Å². The van der Waals surface area contributed by atoms with E-state index in [9.17, 15) is 0 Å². The number of benzene rings is 1. The van der Waals surface area contributed by atoms with Gasteiger partial charge in [-0.3, -0.25) is 0 Å². The lowest BCUT2D eigenvalue weighted by Crippen LogP contribution is -2.21. The van der Waals surface area contributed by atoms with Crippen LogP contribution in [-0.4, -0.2) is 0 Å². The van der Waals surface area contributed by atoms with Crippen molar-refractivity contribution in [3.63, 3.8) is 0 Å². The molecule has 0 heterocycles. The van der Waals surface area contributed by atoms with E-state index < -0.39 is 0 Å². The molecule has 0 aliphatic heterocycles. The van der Waals surface area contributed by atoms with Crippen molar-refractivity contribution in [1.82, 2.24) is 0 Å². The highest BCUT2D eigenvalue weighted by molar-refractivity contribution is 5.38. The van der Waals surface area contributed by atoms with Crippen molar-refractivity contribution in [3.05, 3.63) is 34.4 Å². The highest BCUT2D eigenvalue weighted by Gasteiger charge is 2.26. The van der Waals surface area contributed by atoms with E-state index in [-0.39, 0.29) is 0 Å². The van der Waals surface area contributed by atoms with Gasteiger partial charge in [0.05, 0.1) is 0 Å². The van der Waals surface area contributed by atoms with Crippen LogP contribution in [0.4, 0.5) is 0 Å². The molecule has 0 unspecified atom stereocenters. The standard InChI is InChI=1S/C24H38/c1-17-5-8-21(9-6-17)15-22-10-12-23(13-11-22)16-24-14-7-18(2)19(3)20(24)4/h7,14,17,21-23H,5-6,8-13,15-16H2,1-4H3. The molecule has 0 saturated heterocycles. The molecule has 0 nitrogen and oxygen atoms in total. The molecule has 1 aromatic carbocycles. The van der Waals surface area contributed by atoms with Crippen molar-refractivity contribution >= 4 is 0 Å². The molecule has 2 aliphatic carbocycles. The lowest BCUT2D eigenvalue weighted by atomic mass is 9.72.